The number of rotatable bonds is 4. The van der Waals surface area contributed by atoms with Gasteiger partial charge < -0.3 is 11.1 Å². The van der Waals surface area contributed by atoms with Crippen molar-refractivity contribution in [1.29, 1.82) is 0 Å². The minimum atomic E-state index is 0.494. The molecule has 0 spiro atoms. The lowest BCUT2D eigenvalue weighted by Gasteiger charge is -2.13. The van der Waals surface area contributed by atoms with Gasteiger partial charge in [0.05, 0.1) is 0 Å². The normalized spacial score (nSPS) is 18.1. The SMILES string of the molecule is C#CCCCNC1CCc2cc(N)ccc21. The van der Waals surface area contributed by atoms with Gasteiger partial charge in [0.2, 0.25) is 0 Å². The van der Waals surface area contributed by atoms with Gasteiger partial charge in [0.1, 0.15) is 0 Å². The fourth-order valence-corrected chi connectivity index (χ4v) is 2.32. The van der Waals surface area contributed by atoms with Crippen LogP contribution in [0.3, 0.4) is 0 Å². The molecule has 0 radical (unpaired) electrons. The summed E-state index contributed by atoms with van der Waals surface area (Å²) in [5.41, 5.74) is 9.45. The highest BCUT2D eigenvalue weighted by molar-refractivity contribution is 5.47. The Bertz CT molecular complexity index is 404. The van der Waals surface area contributed by atoms with E-state index >= 15 is 0 Å². The van der Waals surface area contributed by atoms with Crippen LogP contribution in [-0.2, 0) is 6.42 Å². The second-order valence-electron chi connectivity index (χ2n) is 4.31. The molecule has 0 fully saturated rings. The molecule has 0 aliphatic heterocycles. The Labute approximate surface area is 97.2 Å². The Morgan fingerprint density at radius 1 is 1.50 bits per heavy atom. The molecule has 16 heavy (non-hydrogen) atoms. The van der Waals surface area contributed by atoms with Gasteiger partial charge in [-0.1, -0.05) is 6.07 Å². The molecule has 0 amide bonds. The smallest absolute Gasteiger partial charge is 0.0326 e. The number of hydrogen-bond donors (Lipinski definition) is 2. The Morgan fingerprint density at radius 2 is 2.38 bits per heavy atom. The third-order valence-electron chi connectivity index (χ3n) is 3.13. The Morgan fingerprint density at radius 3 is 3.19 bits per heavy atom. The van der Waals surface area contributed by atoms with E-state index in [1.54, 1.807) is 0 Å². The van der Waals surface area contributed by atoms with Gasteiger partial charge in [0.15, 0.2) is 0 Å². The van der Waals surface area contributed by atoms with Crippen LogP contribution in [0.15, 0.2) is 18.2 Å². The highest BCUT2D eigenvalue weighted by Gasteiger charge is 2.21. The van der Waals surface area contributed by atoms with Crippen LogP contribution in [0.25, 0.3) is 0 Å². The van der Waals surface area contributed by atoms with Crippen molar-refractivity contribution >= 4 is 5.69 Å². The van der Waals surface area contributed by atoms with E-state index in [0.29, 0.717) is 6.04 Å². The number of fused-ring (bicyclic) bond motifs is 1. The summed E-state index contributed by atoms with van der Waals surface area (Å²) in [4.78, 5) is 0. The van der Waals surface area contributed by atoms with Crippen LogP contribution in [0.1, 0.15) is 36.4 Å². The number of nitrogens with two attached hydrogens (primary N) is 1. The van der Waals surface area contributed by atoms with E-state index in [1.807, 2.05) is 6.07 Å². The van der Waals surface area contributed by atoms with Gasteiger partial charge in [-0.25, -0.2) is 0 Å². The van der Waals surface area contributed by atoms with Crippen molar-refractivity contribution in [3.8, 4) is 12.3 Å². The van der Waals surface area contributed by atoms with Gasteiger partial charge in [-0.15, -0.1) is 12.3 Å². The number of nitrogen functional groups attached to an aromatic ring is 1. The van der Waals surface area contributed by atoms with Crippen LogP contribution >= 0.6 is 0 Å². The molecular weight excluding hydrogens is 196 g/mol. The van der Waals surface area contributed by atoms with Crippen molar-refractivity contribution in [2.45, 2.75) is 31.7 Å². The molecule has 1 aliphatic carbocycles. The lowest BCUT2D eigenvalue weighted by molar-refractivity contribution is 0.523. The van der Waals surface area contributed by atoms with Crippen molar-refractivity contribution in [3.63, 3.8) is 0 Å². The summed E-state index contributed by atoms with van der Waals surface area (Å²) in [6.45, 7) is 0.999. The van der Waals surface area contributed by atoms with Crippen LogP contribution in [0, 0.1) is 12.3 Å². The van der Waals surface area contributed by atoms with Gasteiger partial charge in [0.25, 0.3) is 0 Å². The molecule has 3 N–H and O–H groups in total. The fourth-order valence-electron chi connectivity index (χ4n) is 2.32. The topological polar surface area (TPSA) is 38.0 Å². The van der Waals surface area contributed by atoms with E-state index < -0.39 is 0 Å². The molecule has 1 aliphatic rings. The molecule has 2 rings (SSSR count). The van der Waals surface area contributed by atoms with E-state index in [0.717, 1.165) is 31.5 Å². The molecule has 1 aromatic rings. The third kappa shape index (κ3) is 2.37. The second-order valence-corrected chi connectivity index (χ2v) is 4.31. The van der Waals surface area contributed by atoms with Gasteiger partial charge in [-0.2, -0.15) is 0 Å². The van der Waals surface area contributed by atoms with Crippen LogP contribution < -0.4 is 11.1 Å². The largest absolute Gasteiger partial charge is 0.399 e. The minimum Gasteiger partial charge on any atom is -0.399 e. The predicted molar refractivity (Wildman–Crippen MR) is 68.0 cm³/mol. The number of nitrogens with one attached hydrogen (secondary N) is 1. The molecule has 0 saturated heterocycles. The highest BCUT2D eigenvalue weighted by Crippen LogP contribution is 2.32. The first kappa shape index (κ1) is 11.0. The average molecular weight is 214 g/mol. The molecule has 1 atom stereocenters. The standard InChI is InChI=1S/C14H18N2/c1-2-3-4-9-16-14-8-5-11-10-12(15)6-7-13(11)14/h1,6-7,10,14,16H,3-5,8-9,15H2. The molecule has 84 valence electrons. The number of terminal acetylenes is 1. The Hall–Kier alpha value is -1.46. The van der Waals surface area contributed by atoms with Crippen molar-refractivity contribution in [3.05, 3.63) is 29.3 Å². The molecule has 2 nitrogen and oxygen atoms in total. The average Bonchev–Trinajstić information content (AvgIpc) is 2.67. The summed E-state index contributed by atoms with van der Waals surface area (Å²) in [5, 5.41) is 3.56. The Kier molecular flexibility index (Phi) is 3.48. The van der Waals surface area contributed by atoms with E-state index in [9.17, 15) is 0 Å². The summed E-state index contributed by atoms with van der Waals surface area (Å²) in [7, 11) is 0. The van der Waals surface area contributed by atoms with Crippen LogP contribution in [0.5, 0.6) is 0 Å². The van der Waals surface area contributed by atoms with Crippen molar-refractivity contribution in [2.75, 3.05) is 12.3 Å². The lowest BCUT2D eigenvalue weighted by atomic mass is 10.1. The number of aryl methyl sites for hydroxylation is 1. The van der Waals surface area contributed by atoms with E-state index in [-0.39, 0.29) is 0 Å². The van der Waals surface area contributed by atoms with Gasteiger partial charge in [0, 0.05) is 18.2 Å². The maximum atomic E-state index is 5.77. The first-order valence-electron chi connectivity index (χ1n) is 5.86. The molecular formula is C14H18N2. The van der Waals surface area contributed by atoms with Crippen molar-refractivity contribution < 1.29 is 0 Å². The first-order chi connectivity index (χ1) is 7.81. The van der Waals surface area contributed by atoms with Gasteiger partial charge in [-0.05, 0) is 49.1 Å². The van der Waals surface area contributed by atoms with Gasteiger partial charge >= 0.3 is 0 Å². The number of benzene rings is 1. The number of unbranched alkanes of at least 4 members (excludes halogenated alkanes) is 1. The molecule has 1 unspecified atom stereocenters. The summed E-state index contributed by atoms with van der Waals surface area (Å²) in [5.74, 6) is 2.66. The molecule has 0 bridgehead atoms. The molecule has 0 saturated carbocycles. The third-order valence-corrected chi connectivity index (χ3v) is 3.13. The summed E-state index contributed by atoms with van der Waals surface area (Å²) in [6.07, 6.45) is 9.44. The zero-order valence-electron chi connectivity index (χ0n) is 9.50. The first-order valence-corrected chi connectivity index (χ1v) is 5.86. The number of hydrogen-bond acceptors (Lipinski definition) is 2. The molecule has 0 heterocycles. The summed E-state index contributed by atoms with van der Waals surface area (Å²) >= 11 is 0. The fraction of sp³-hybridized carbons (Fsp3) is 0.429. The number of anilines is 1. The zero-order chi connectivity index (χ0) is 11.4. The molecule has 0 aromatic heterocycles. The predicted octanol–water partition coefficient (Wildman–Crippen LogP) is 2.26. The maximum Gasteiger partial charge on any atom is 0.0326 e. The van der Waals surface area contributed by atoms with E-state index in [2.05, 4.69) is 23.4 Å². The monoisotopic (exact) mass is 214 g/mol. The lowest BCUT2D eigenvalue weighted by Crippen LogP contribution is -2.20. The van der Waals surface area contributed by atoms with Crippen molar-refractivity contribution in [1.82, 2.24) is 5.32 Å². The zero-order valence-corrected chi connectivity index (χ0v) is 9.50. The van der Waals surface area contributed by atoms with Crippen LogP contribution in [0.4, 0.5) is 5.69 Å². The second kappa shape index (κ2) is 5.05. The van der Waals surface area contributed by atoms with E-state index in [4.69, 9.17) is 12.2 Å². The quantitative estimate of drug-likeness (QED) is 0.458. The molecule has 1 aromatic carbocycles. The van der Waals surface area contributed by atoms with E-state index in [1.165, 1.54) is 17.5 Å². The highest BCUT2D eigenvalue weighted by atomic mass is 14.9. The van der Waals surface area contributed by atoms with Crippen LogP contribution in [-0.4, -0.2) is 6.54 Å². The van der Waals surface area contributed by atoms with Gasteiger partial charge in [-0.3, -0.25) is 0 Å². The van der Waals surface area contributed by atoms with Crippen LogP contribution in [0.2, 0.25) is 0 Å². The molecule has 2 heteroatoms. The minimum absolute atomic E-state index is 0.494. The van der Waals surface area contributed by atoms with Crippen molar-refractivity contribution in [2.24, 2.45) is 0 Å². The summed E-state index contributed by atoms with van der Waals surface area (Å²) in [6, 6.07) is 6.73. The maximum absolute atomic E-state index is 5.77. The summed E-state index contributed by atoms with van der Waals surface area (Å²) < 4.78 is 0. The Balaban J connectivity index is 1.94.